The molecular formula is C26H34N4OS. The van der Waals surface area contributed by atoms with Crippen molar-refractivity contribution in [2.75, 3.05) is 31.1 Å². The third-order valence-electron chi connectivity index (χ3n) is 6.13. The number of hydrogen-bond donors (Lipinski definition) is 1. The lowest BCUT2D eigenvalue weighted by Gasteiger charge is -2.26. The van der Waals surface area contributed by atoms with E-state index in [0.717, 1.165) is 53.5 Å². The van der Waals surface area contributed by atoms with Crippen LogP contribution in [0.2, 0.25) is 0 Å². The van der Waals surface area contributed by atoms with Crippen molar-refractivity contribution in [3.8, 4) is 0 Å². The number of carbonyl (C=O) groups is 1. The van der Waals surface area contributed by atoms with E-state index in [1.165, 1.54) is 24.8 Å². The maximum absolute atomic E-state index is 12.7. The van der Waals surface area contributed by atoms with Crippen molar-refractivity contribution in [2.24, 2.45) is 0 Å². The summed E-state index contributed by atoms with van der Waals surface area (Å²) in [5.41, 5.74) is 3.03. The molecule has 1 aromatic heterocycles. The van der Waals surface area contributed by atoms with E-state index in [-0.39, 0.29) is 5.91 Å². The Morgan fingerprint density at radius 2 is 1.91 bits per heavy atom. The third kappa shape index (κ3) is 5.87. The van der Waals surface area contributed by atoms with E-state index in [0.29, 0.717) is 12.6 Å². The van der Waals surface area contributed by atoms with Crippen LogP contribution in [0.4, 0.5) is 5.13 Å². The highest BCUT2D eigenvalue weighted by molar-refractivity contribution is 7.22. The molecule has 0 unspecified atom stereocenters. The number of anilines is 1. The number of nitrogens with zero attached hydrogens (tertiary/aromatic N) is 3. The van der Waals surface area contributed by atoms with Crippen LogP contribution < -0.4 is 10.2 Å². The summed E-state index contributed by atoms with van der Waals surface area (Å²) in [6, 6.07) is 16.9. The first-order valence-corrected chi connectivity index (χ1v) is 12.6. The Balaban J connectivity index is 1.29. The van der Waals surface area contributed by atoms with Gasteiger partial charge in [-0.05, 0) is 63.3 Å². The predicted molar refractivity (Wildman–Crippen MR) is 135 cm³/mol. The summed E-state index contributed by atoms with van der Waals surface area (Å²) in [6.07, 6.45) is 4.72. The van der Waals surface area contributed by atoms with Crippen molar-refractivity contribution in [3.63, 3.8) is 0 Å². The molecule has 0 aliphatic carbocycles. The lowest BCUT2D eigenvalue weighted by atomic mass is 10.1. The fourth-order valence-corrected chi connectivity index (χ4v) is 5.25. The standard InChI is InChI=1S/C26H34N4OS/c1-20(2)30(19-21-10-5-3-6-11-21)17-9-14-27-25(31)22-12-13-23-24(18-22)32-26(28-23)29-15-7-4-8-16-29/h3,5-6,10-13,18,20H,4,7-9,14-17,19H2,1-2H3,(H,27,31). The maximum atomic E-state index is 12.7. The van der Waals surface area contributed by atoms with E-state index in [9.17, 15) is 4.79 Å². The van der Waals surface area contributed by atoms with Gasteiger partial charge in [-0.25, -0.2) is 4.98 Å². The van der Waals surface area contributed by atoms with Gasteiger partial charge in [0.25, 0.3) is 5.91 Å². The van der Waals surface area contributed by atoms with Crippen molar-refractivity contribution in [2.45, 2.75) is 52.1 Å². The number of aromatic nitrogens is 1. The molecule has 0 atom stereocenters. The molecule has 0 bridgehead atoms. The molecule has 4 rings (SSSR count). The van der Waals surface area contributed by atoms with Gasteiger partial charge in [-0.1, -0.05) is 41.7 Å². The van der Waals surface area contributed by atoms with Gasteiger partial charge >= 0.3 is 0 Å². The van der Waals surface area contributed by atoms with Crippen LogP contribution in [0.1, 0.15) is 55.5 Å². The highest BCUT2D eigenvalue weighted by Gasteiger charge is 2.16. The van der Waals surface area contributed by atoms with Crippen LogP contribution in [-0.4, -0.2) is 48.0 Å². The molecule has 1 amide bonds. The summed E-state index contributed by atoms with van der Waals surface area (Å²) in [4.78, 5) is 22.3. The molecule has 1 fully saturated rings. The van der Waals surface area contributed by atoms with Crippen molar-refractivity contribution >= 4 is 32.6 Å². The first-order chi connectivity index (χ1) is 15.6. The Kier molecular flexibility index (Phi) is 7.76. The summed E-state index contributed by atoms with van der Waals surface area (Å²) >= 11 is 1.70. The van der Waals surface area contributed by atoms with Crippen LogP contribution >= 0.6 is 11.3 Å². The monoisotopic (exact) mass is 450 g/mol. The van der Waals surface area contributed by atoms with Gasteiger partial charge in [0.1, 0.15) is 0 Å². The van der Waals surface area contributed by atoms with E-state index in [4.69, 9.17) is 4.98 Å². The Hall–Kier alpha value is -2.44. The predicted octanol–water partition coefficient (Wildman–Crippen LogP) is 5.32. The van der Waals surface area contributed by atoms with E-state index < -0.39 is 0 Å². The fraction of sp³-hybridized carbons (Fsp3) is 0.462. The molecule has 0 spiro atoms. The summed E-state index contributed by atoms with van der Waals surface area (Å²) in [6.45, 7) is 9.20. The molecule has 1 aliphatic heterocycles. The van der Waals surface area contributed by atoms with Crippen LogP contribution in [0.3, 0.4) is 0 Å². The number of hydrogen-bond acceptors (Lipinski definition) is 5. The van der Waals surface area contributed by atoms with Crippen molar-refractivity contribution in [1.29, 1.82) is 0 Å². The van der Waals surface area contributed by atoms with E-state index >= 15 is 0 Å². The van der Waals surface area contributed by atoms with E-state index in [2.05, 4.69) is 59.3 Å². The largest absolute Gasteiger partial charge is 0.352 e. The minimum Gasteiger partial charge on any atom is -0.352 e. The van der Waals surface area contributed by atoms with Gasteiger partial charge in [0, 0.05) is 44.3 Å². The molecule has 2 heterocycles. The molecule has 32 heavy (non-hydrogen) atoms. The third-order valence-corrected chi connectivity index (χ3v) is 7.21. The molecule has 2 aromatic carbocycles. The summed E-state index contributed by atoms with van der Waals surface area (Å²) in [5.74, 6) is -0.000946. The zero-order valence-electron chi connectivity index (χ0n) is 19.2. The molecular weight excluding hydrogens is 416 g/mol. The van der Waals surface area contributed by atoms with Crippen LogP contribution in [0, 0.1) is 0 Å². The van der Waals surface area contributed by atoms with Crippen LogP contribution in [-0.2, 0) is 6.54 Å². The lowest BCUT2D eigenvalue weighted by molar-refractivity contribution is 0.0950. The van der Waals surface area contributed by atoms with Gasteiger partial charge in [-0.3, -0.25) is 9.69 Å². The summed E-state index contributed by atoms with van der Waals surface area (Å²) < 4.78 is 1.09. The number of thiazole rings is 1. The first-order valence-electron chi connectivity index (χ1n) is 11.8. The second kappa shape index (κ2) is 10.9. The van der Waals surface area contributed by atoms with Crippen LogP contribution in [0.5, 0.6) is 0 Å². The maximum Gasteiger partial charge on any atom is 0.251 e. The number of piperidine rings is 1. The SMILES string of the molecule is CC(C)N(CCCNC(=O)c1ccc2nc(N3CCCCC3)sc2c1)Cc1ccccc1. The van der Waals surface area contributed by atoms with Gasteiger partial charge in [0.15, 0.2) is 5.13 Å². The molecule has 1 aliphatic rings. The van der Waals surface area contributed by atoms with Gasteiger partial charge in [-0.15, -0.1) is 0 Å². The van der Waals surface area contributed by atoms with Gasteiger partial charge < -0.3 is 10.2 Å². The average Bonchev–Trinajstić information content (AvgIpc) is 3.25. The number of amides is 1. The smallest absolute Gasteiger partial charge is 0.251 e. The molecule has 3 aromatic rings. The number of carbonyl (C=O) groups excluding carboxylic acids is 1. The number of nitrogens with one attached hydrogen (secondary N) is 1. The van der Waals surface area contributed by atoms with Crippen molar-refractivity contribution < 1.29 is 4.79 Å². The van der Waals surface area contributed by atoms with E-state index in [1.54, 1.807) is 11.3 Å². The van der Waals surface area contributed by atoms with Crippen molar-refractivity contribution in [1.82, 2.24) is 15.2 Å². The Labute approximate surface area is 195 Å². The van der Waals surface area contributed by atoms with Crippen molar-refractivity contribution in [3.05, 3.63) is 59.7 Å². The molecule has 0 radical (unpaired) electrons. The topological polar surface area (TPSA) is 48.5 Å². The molecule has 1 N–H and O–H groups in total. The Morgan fingerprint density at radius 3 is 2.66 bits per heavy atom. The van der Waals surface area contributed by atoms with Gasteiger partial charge in [0.05, 0.1) is 10.2 Å². The number of rotatable bonds is 9. The Morgan fingerprint density at radius 1 is 1.12 bits per heavy atom. The van der Waals surface area contributed by atoms with Gasteiger partial charge in [0.2, 0.25) is 0 Å². The molecule has 6 heteroatoms. The second-order valence-corrected chi connectivity index (χ2v) is 9.90. The summed E-state index contributed by atoms with van der Waals surface area (Å²) in [7, 11) is 0. The molecule has 5 nitrogen and oxygen atoms in total. The average molecular weight is 451 g/mol. The normalized spacial score (nSPS) is 14.4. The highest BCUT2D eigenvalue weighted by Crippen LogP contribution is 2.31. The zero-order valence-corrected chi connectivity index (χ0v) is 20.0. The molecule has 1 saturated heterocycles. The Bertz CT molecular complexity index is 1010. The minimum atomic E-state index is -0.000946. The number of fused-ring (bicyclic) bond motifs is 1. The lowest BCUT2D eigenvalue weighted by Crippen LogP contribution is -2.34. The molecule has 0 saturated carbocycles. The first kappa shape index (κ1) is 22.7. The van der Waals surface area contributed by atoms with Crippen LogP contribution in [0.15, 0.2) is 48.5 Å². The minimum absolute atomic E-state index is 0.000946. The van der Waals surface area contributed by atoms with Gasteiger partial charge in [-0.2, -0.15) is 0 Å². The molecule has 170 valence electrons. The van der Waals surface area contributed by atoms with E-state index in [1.807, 2.05) is 18.2 Å². The fourth-order valence-electron chi connectivity index (χ4n) is 4.20. The number of benzene rings is 2. The van der Waals surface area contributed by atoms with Crippen LogP contribution in [0.25, 0.3) is 10.2 Å². The summed E-state index contributed by atoms with van der Waals surface area (Å²) in [5, 5.41) is 4.19. The zero-order chi connectivity index (χ0) is 22.3. The highest BCUT2D eigenvalue weighted by atomic mass is 32.1. The quantitative estimate of drug-likeness (QED) is 0.449. The second-order valence-electron chi connectivity index (χ2n) is 8.89.